The van der Waals surface area contributed by atoms with Gasteiger partial charge in [-0.25, -0.2) is 4.79 Å². The Labute approximate surface area is 107 Å². The molecule has 1 aromatic rings. The highest BCUT2D eigenvalue weighted by molar-refractivity contribution is 6.39. The first-order valence-electron chi connectivity index (χ1n) is 6.56. The second-order valence-corrected chi connectivity index (χ2v) is 4.95. The van der Waals surface area contributed by atoms with Crippen molar-refractivity contribution in [3.63, 3.8) is 0 Å². The van der Waals surface area contributed by atoms with Gasteiger partial charge in [-0.05, 0) is 30.4 Å². The molecule has 18 heavy (non-hydrogen) atoms. The largest absolute Gasteiger partial charge is 0.475 e. The van der Waals surface area contributed by atoms with Crippen molar-refractivity contribution in [2.24, 2.45) is 0 Å². The van der Waals surface area contributed by atoms with Crippen LogP contribution in [0.25, 0.3) is 0 Å². The van der Waals surface area contributed by atoms with Crippen LogP contribution in [0.4, 0.5) is 0 Å². The van der Waals surface area contributed by atoms with Crippen LogP contribution in [-0.4, -0.2) is 16.9 Å². The van der Waals surface area contributed by atoms with Gasteiger partial charge < -0.3 is 5.11 Å². The van der Waals surface area contributed by atoms with Gasteiger partial charge in [-0.3, -0.25) is 4.79 Å². The Morgan fingerprint density at radius 2 is 1.72 bits per heavy atom. The molecular weight excluding hydrogens is 228 g/mol. The molecule has 2 rings (SSSR count). The average molecular weight is 246 g/mol. The molecule has 0 amide bonds. The van der Waals surface area contributed by atoms with Crippen molar-refractivity contribution in [3.8, 4) is 0 Å². The molecule has 0 radical (unpaired) electrons. The summed E-state index contributed by atoms with van der Waals surface area (Å²) in [6, 6.07) is 7.13. The van der Waals surface area contributed by atoms with Crippen LogP contribution in [0.15, 0.2) is 24.3 Å². The zero-order chi connectivity index (χ0) is 13.0. The minimum absolute atomic E-state index is 0.296. The molecule has 1 N–H and O–H groups in total. The summed E-state index contributed by atoms with van der Waals surface area (Å²) in [7, 11) is 0. The van der Waals surface area contributed by atoms with Crippen LogP contribution in [0, 0.1) is 0 Å². The Morgan fingerprint density at radius 1 is 1.06 bits per heavy atom. The Hall–Kier alpha value is -1.64. The lowest BCUT2D eigenvalue weighted by Crippen LogP contribution is -2.13. The maximum absolute atomic E-state index is 11.4. The molecule has 0 aliphatic heterocycles. The first-order valence-corrected chi connectivity index (χ1v) is 6.56. The van der Waals surface area contributed by atoms with Gasteiger partial charge >= 0.3 is 5.97 Å². The first-order chi connectivity index (χ1) is 8.68. The number of hydrogen-bond acceptors (Lipinski definition) is 2. The summed E-state index contributed by atoms with van der Waals surface area (Å²) in [6.07, 6.45) is 7.30. The lowest BCUT2D eigenvalue weighted by molar-refractivity contribution is -0.131. The Balaban J connectivity index is 2.20. The smallest absolute Gasteiger partial charge is 0.377 e. The second kappa shape index (κ2) is 5.80. The highest BCUT2D eigenvalue weighted by atomic mass is 16.4. The summed E-state index contributed by atoms with van der Waals surface area (Å²) in [5.74, 6) is -1.72. The van der Waals surface area contributed by atoms with Crippen LogP contribution in [-0.2, 0) is 4.79 Å². The number of carboxylic acid groups (broad SMARTS) is 1. The van der Waals surface area contributed by atoms with Crippen LogP contribution in [0.1, 0.15) is 60.4 Å². The molecule has 3 nitrogen and oxygen atoms in total. The number of Topliss-reactive ketones (excluding diaryl/α,β-unsaturated/α-hetero) is 1. The van der Waals surface area contributed by atoms with E-state index < -0.39 is 11.8 Å². The van der Waals surface area contributed by atoms with E-state index in [0.717, 1.165) is 18.4 Å². The maximum Gasteiger partial charge on any atom is 0.377 e. The van der Waals surface area contributed by atoms with Gasteiger partial charge in [0.25, 0.3) is 5.78 Å². The van der Waals surface area contributed by atoms with Crippen LogP contribution < -0.4 is 0 Å². The standard InChI is InChI=1S/C15H18O3/c16-14(15(17)18)13-9-5-8-12(10-13)11-6-3-1-2-4-7-11/h5,8-11H,1-4,6-7H2,(H,17,18). The summed E-state index contributed by atoms with van der Waals surface area (Å²) in [6.45, 7) is 0. The number of rotatable bonds is 3. The quantitative estimate of drug-likeness (QED) is 0.505. The number of carbonyl (C=O) groups is 2. The average Bonchev–Trinajstić information content (AvgIpc) is 2.66. The van der Waals surface area contributed by atoms with Gasteiger partial charge in [0, 0.05) is 5.56 Å². The van der Waals surface area contributed by atoms with Crippen molar-refractivity contribution in [2.45, 2.75) is 44.4 Å². The lowest BCUT2D eigenvalue weighted by atomic mass is 9.90. The molecule has 1 fully saturated rings. The number of hydrogen-bond donors (Lipinski definition) is 1. The Bertz CT molecular complexity index is 443. The molecule has 96 valence electrons. The monoisotopic (exact) mass is 246 g/mol. The SMILES string of the molecule is O=C(O)C(=O)c1cccc(C2CCCCCC2)c1. The minimum atomic E-state index is -1.38. The maximum atomic E-state index is 11.4. The van der Waals surface area contributed by atoms with Crippen molar-refractivity contribution >= 4 is 11.8 Å². The van der Waals surface area contributed by atoms with Gasteiger partial charge in [0.1, 0.15) is 0 Å². The molecule has 0 atom stereocenters. The van der Waals surface area contributed by atoms with Crippen LogP contribution in [0.5, 0.6) is 0 Å². The van der Waals surface area contributed by atoms with Crippen molar-refractivity contribution in [1.29, 1.82) is 0 Å². The molecule has 1 aliphatic rings. The molecule has 0 bridgehead atoms. The fourth-order valence-corrected chi connectivity index (χ4v) is 2.67. The molecule has 3 heteroatoms. The van der Waals surface area contributed by atoms with Gasteiger partial charge in [-0.15, -0.1) is 0 Å². The van der Waals surface area contributed by atoms with E-state index in [1.54, 1.807) is 18.2 Å². The van der Waals surface area contributed by atoms with E-state index in [0.29, 0.717) is 11.5 Å². The van der Waals surface area contributed by atoms with Crippen molar-refractivity contribution in [1.82, 2.24) is 0 Å². The van der Waals surface area contributed by atoms with E-state index in [9.17, 15) is 9.59 Å². The first kappa shape index (κ1) is 12.8. The van der Waals surface area contributed by atoms with Crippen LogP contribution in [0.3, 0.4) is 0 Å². The molecule has 0 aromatic heterocycles. The molecule has 0 spiro atoms. The number of aliphatic carboxylic acids is 1. The molecule has 0 saturated heterocycles. The Morgan fingerprint density at radius 3 is 2.33 bits per heavy atom. The summed E-state index contributed by atoms with van der Waals surface area (Å²) in [5.41, 5.74) is 1.41. The van der Waals surface area contributed by atoms with Gasteiger partial charge in [-0.1, -0.05) is 43.9 Å². The summed E-state index contributed by atoms with van der Waals surface area (Å²) < 4.78 is 0. The van der Waals surface area contributed by atoms with E-state index in [4.69, 9.17) is 5.11 Å². The van der Waals surface area contributed by atoms with Crippen molar-refractivity contribution < 1.29 is 14.7 Å². The van der Waals surface area contributed by atoms with Gasteiger partial charge in [-0.2, -0.15) is 0 Å². The molecule has 0 unspecified atom stereocenters. The minimum Gasteiger partial charge on any atom is -0.475 e. The van der Waals surface area contributed by atoms with E-state index in [2.05, 4.69) is 0 Å². The third-order valence-electron chi connectivity index (χ3n) is 3.67. The number of carboxylic acids is 1. The van der Waals surface area contributed by atoms with E-state index in [-0.39, 0.29) is 0 Å². The number of benzene rings is 1. The zero-order valence-corrected chi connectivity index (χ0v) is 10.4. The molecule has 1 saturated carbocycles. The Kier molecular flexibility index (Phi) is 4.13. The van der Waals surface area contributed by atoms with E-state index in [1.807, 2.05) is 6.07 Å². The molecule has 1 aliphatic carbocycles. The second-order valence-electron chi connectivity index (χ2n) is 4.95. The van der Waals surface area contributed by atoms with Gasteiger partial charge in [0.15, 0.2) is 0 Å². The van der Waals surface area contributed by atoms with E-state index >= 15 is 0 Å². The predicted molar refractivity (Wildman–Crippen MR) is 68.9 cm³/mol. The van der Waals surface area contributed by atoms with Crippen molar-refractivity contribution in [3.05, 3.63) is 35.4 Å². The zero-order valence-electron chi connectivity index (χ0n) is 10.4. The predicted octanol–water partition coefficient (Wildman–Crippen LogP) is 3.39. The molecule has 1 aromatic carbocycles. The topological polar surface area (TPSA) is 54.4 Å². The highest BCUT2D eigenvalue weighted by Crippen LogP contribution is 2.31. The van der Waals surface area contributed by atoms with Crippen molar-refractivity contribution in [2.75, 3.05) is 0 Å². The van der Waals surface area contributed by atoms with Crippen LogP contribution >= 0.6 is 0 Å². The van der Waals surface area contributed by atoms with E-state index in [1.165, 1.54) is 25.7 Å². The summed E-state index contributed by atoms with van der Waals surface area (Å²) in [4.78, 5) is 22.1. The normalized spacial score (nSPS) is 17.1. The fourth-order valence-electron chi connectivity index (χ4n) is 2.67. The summed E-state index contributed by atoms with van der Waals surface area (Å²) >= 11 is 0. The highest BCUT2D eigenvalue weighted by Gasteiger charge is 2.18. The molecular formula is C15H18O3. The number of ketones is 1. The fraction of sp³-hybridized carbons (Fsp3) is 0.467. The third kappa shape index (κ3) is 2.97. The van der Waals surface area contributed by atoms with Crippen LogP contribution in [0.2, 0.25) is 0 Å². The van der Waals surface area contributed by atoms with Gasteiger partial charge in [0.05, 0.1) is 0 Å². The molecule has 0 heterocycles. The summed E-state index contributed by atoms with van der Waals surface area (Å²) in [5, 5.41) is 8.73. The third-order valence-corrected chi connectivity index (χ3v) is 3.67. The number of carbonyl (C=O) groups excluding carboxylic acids is 1. The van der Waals surface area contributed by atoms with Gasteiger partial charge in [0.2, 0.25) is 0 Å². The lowest BCUT2D eigenvalue weighted by Gasteiger charge is -2.14.